The van der Waals surface area contributed by atoms with Gasteiger partial charge in [0.2, 0.25) is 0 Å². The number of benzene rings is 6. The highest BCUT2D eigenvalue weighted by Gasteiger charge is 2.28. The van der Waals surface area contributed by atoms with Gasteiger partial charge in [-0.25, -0.2) is 0 Å². The summed E-state index contributed by atoms with van der Waals surface area (Å²) < 4.78 is 1.55. The van der Waals surface area contributed by atoms with Crippen molar-refractivity contribution in [3.05, 3.63) is 77.9 Å². The van der Waals surface area contributed by atoms with Crippen LogP contribution in [0.25, 0.3) is 54.2 Å². The molecule has 0 fully saturated rings. The molecule has 4 aromatic rings. The summed E-state index contributed by atoms with van der Waals surface area (Å²) in [4.78, 5) is 26.6. The summed E-state index contributed by atoms with van der Waals surface area (Å²) in [6.07, 6.45) is 0. The van der Waals surface area contributed by atoms with Gasteiger partial charge in [0.25, 0.3) is 0 Å². The molecule has 0 unspecified atom stereocenters. The third kappa shape index (κ3) is 1.50. The van der Waals surface area contributed by atoms with Crippen molar-refractivity contribution in [2.75, 3.05) is 0 Å². The lowest BCUT2D eigenvalue weighted by Crippen LogP contribution is -2.13. The molecule has 26 heavy (non-hydrogen) atoms. The second-order valence-corrected chi connectivity index (χ2v) is 8.24. The fourth-order valence-electron chi connectivity index (χ4n) is 4.42. The molecule has 0 atom stereocenters. The Bertz CT molecular complexity index is 1590. The molecule has 2 aliphatic rings. The van der Waals surface area contributed by atoms with Gasteiger partial charge in [-0.05, 0) is 48.7 Å². The highest BCUT2D eigenvalue weighted by Crippen LogP contribution is 2.49. The van der Waals surface area contributed by atoms with Crippen molar-refractivity contribution < 1.29 is 0 Å². The topological polar surface area (TPSA) is 34.1 Å². The predicted octanol–water partition coefficient (Wildman–Crippen LogP) is 5.96. The average Bonchev–Trinajstić information content (AvgIpc) is 2.67. The fraction of sp³-hybridized carbons (Fsp3) is 0. The normalized spacial score (nSPS) is 12.5. The zero-order valence-electron chi connectivity index (χ0n) is 13.2. The van der Waals surface area contributed by atoms with Crippen LogP contribution in [-0.4, -0.2) is 0 Å². The zero-order valence-corrected chi connectivity index (χ0v) is 16.4. The van der Waals surface area contributed by atoms with Gasteiger partial charge in [0.1, 0.15) is 0 Å². The minimum absolute atomic E-state index is 0.00567. The van der Waals surface area contributed by atoms with E-state index >= 15 is 0 Å². The van der Waals surface area contributed by atoms with Crippen LogP contribution in [-0.2, 0) is 0 Å². The Kier molecular flexibility index (Phi) is 2.68. The van der Waals surface area contributed by atoms with Gasteiger partial charge in [-0.3, -0.25) is 9.59 Å². The molecule has 2 aliphatic carbocycles. The molecule has 0 saturated heterocycles. The van der Waals surface area contributed by atoms with E-state index in [0.717, 1.165) is 41.6 Å². The molecule has 4 heteroatoms. The lowest BCUT2D eigenvalue weighted by molar-refractivity contribution is 1.61. The smallest absolute Gasteiger partial charge is 0.195 e. The van der Waals surface area contributed by atoms with Gasteiger partial charge in [-0.2, -0.15) is 0 Å². The first-order valence-electron chi connectivity index (χ1n) is 8.18. The molecule has 0 spiro atoms. The minimum Gasteiger partial charge on any atom is -0.289 e. The number of hydrogen-bond donors (Lipinski definition) is 0. The third-order valence-electron chi connectivity index (χ3n) is 5.47. The lowest BCUT2D eigenvalue weighted by Gasteiger charge is -2.22. The summed E-state index contributed by atoms with van der Waals surface area (Å²) in [5, 5.41) is 6.31. The second-order valence-electron chi connectivity index (χ2n) is 6.66. The molecular weight excluding hydrogens is 456 g/mol. The van der Waals surface area contributed by atoms with E-state index in [-0.39, 0.29) is 10.9 Å². The molecule has 122 valence electrons. The predicted molar refractivity (Wildman–Crippen MR) is 115 cm³/mol. The van der Waals surface area contributed by atoms with E-state index in [2.05, 4.69) is 31.9 Å². The molecule has 0 aliphatic heterocycles. The van der Waals surface area contributed by atoms with E-state index in [1.807, 2.05) is 48.5 Å². The van der Waals surface area contributed by atoms with Crippen molar-refractivity contribution in [3.8, 4) is 11.1 Å². The highest BCUT2D eigenvalue weighted by molar-refractivity contribution is 9.13. The summed E-state index contributed by atoms with van der Waals surface area (Å²) in [6.45, 7) is 0. The van der Waals surface area contributed by atoms with Crippen LogP contribution in [0.2, 0.25) is 0 Å². The van der Waals surface area contributed by atoms with Gasteiger partial charge in [0.05, 0.1) is 0 Å². The van der Waals surface area contributed by atoms with Gasteiger partial charge < -0.3 is 0 Å². The van der Waals surface area contributed by atoms with Gasteiger partial charge >= 0.3 is 0 Å². The van der Waals surface area contributed by atoms with Crippen LogP contribution in [0.15, 0.2) is 67.1 Å². The molecule has 0 saturated carbocycles. The quantitative estimate of drug-likeness (QED) is 0.205. The Morgan fingerprint density at radius 2 is 1.23 bits per heavy atom. The number of rotatable bonds is 0. The van der Waals surface area contributed by atoms with Crippen molar-refractivity contribution in [2.45, 2.75) is 0 Å². The fourth-order valence-corrected chi connectivity index (χ4v) is 5.54. The van der Waals surface area contributed by atoms with Crippen molar-refractivity contribution in [2.24, 2.45) is 0 Å². The van der Waals surface area contributed by atoms with Crippen LogP contribution >= 0.6 is 31.9 Å². The van der Waals surface area contributed by atoms with E-state index in [1.165, 1.54) is 0 Å². The largest absolute Gasteiger partial charge is 0.289 e. The third-order valence-corrected chi connectivity index (χ3v) is 7.62. The van der Waals surface area contributed by atoms with Crippen LogP contribution in [0.1, 0.15) is 0 Å². The molecule has 0 aromatic heterocycles. The lowest BCUT2D eigenvalue weighted by atomic mass is 9.81. The van der Waals surface area contributed by atoms with Crippen molar-refractivity contribution >= 4 is 74.9 Å². The van der Waals surface area contributed by atoms with E-state index in [9.17, 15) is 9.59 Å². The summed E-state index contributed by atoms with van der Waals surface area (Å²) >= 11 is 7.26. The van der Waals surface area contributed by atoms with Crippen LogP contribution in [0.4, 0.5) is 0 Å². The SMILES string of the molecule is O=c1c2c(Br)c(Br)c3cccc4c(=O)c5ccc6cccc1c6c5-c2c34. The average molecular weight is 464 g/mol. The number of hydrogen-bond acceptors (Lipinski definition) is 2. The van der Waals surface area contributed by atoms with Crippen molar-refractivity contribution in [1.29, 1.82) is 0 Å². The molecule has 2 nitrogen and oxygen atoms in total. The van der Waals surface area contributed by atoms with Gasteiger partial charge in [-0.15, -0.1) is 0 Å². The Morgan fingerprint density at radius 3 is 2.04 bits per heavy atom. The Labute approximate surface area is 163 Å². The second kappa shape index (κ2) is 4.70. The Hall–Kier alpha value is -2.30. The Morgan fingerprint density at radius 1 is 0.538 bits per heavy atom. The first-order chi connectivity index (χ1) is 12.6. The van der Waals surface area contributed by atoms with E-state index in [4.69, 9.17) is 0 Å². The maximum Gasteiger partial charge on any atom is 0.195 e. The van der Waals surface area contributed by atoms with Crippen LogP contribution in [0.5, 0.6) is 0 Å². The molecule has 6 rings (SSSR count). The summed E-state index contributed by atoms with van der Waals surface area (Å²) in [7, 11) is 0. The Balaban J connectivity index is 2.21. The van der Waals surface area contributed by atoms with Crippen LogP contribution in [0.3, 0.4) is 0 Å². The molecule has 0 bridgehead atoms. The monoisotopic (exact) mass is 462 g/mol. The van der Waals surface area contributed by atoms with E-state index in [0.29, 0.717) is 21.5 Å². The van der Waals surface area contributed by atoms with Gasteiger partial charge in [0.15, 0.2) is 10.9 Å². The van der Waals surface area contributed by atoms with E-state index < -0.39 is 0 Å². The maximum atomic E-state index is 13.4. The van der Waals surface area contributed by atoms with Crippen molar-refractivity contribution in [3.63, 3.8) is 0 Å². The molecule has 0 N–H and O–H groups in total. The van der Waals surface area contributed by atoms with Gasteiger partial charge in [0, 0.05) is 52.4 Å². The highest BCUT2D eigenvalue weighted by atomic mass is 79.9. The molecule has 0 amide bonds. The zero-order chi connectivity index (χ0) is 17.7. The van der Waals surface area contributed by atoms with Crippen LogP contribution in [0, 0.1) is 0 Å². The van der Waals surface area contributed by atoms with Crippen LogP contribution < -0.4 is 10.9 Å². The maximum absolute atomic E-state index is 13.4. The van der Waals surface area contributed by atoms with E-state index in [1.54, 1.807) is 0 Å². The first kappa shape index (κ1) is 14.8. The molecule has 4 aromatic carbocycles. The first-order valence-corrected chi connectivity index (χ1v) is 9.77. The number of halogens is 2. The summed E-state index contributed by atoms with van der Waals surface area (Å²) in [5.74, 6) is 0. The summed E-state index contributed by atoms with van der Waals surface area (Å²) in [5.41, 5.74) is 1.79. The molecular formula is C22H8Br2O2. The molecule has 0 radical (unpaired) electrons. The summed E-state index contributed by atoms with van der Waals surface area (Å²) in [6, 6.07) is 15.3. The standard InChI is InChI=1S/C22H8Br2O2/c23-19-10-4-2-6-12-15(10)17-16-13(21(12)25)8-7-9-3-1-5-11(14(9)16)22(26)18(17)20(19)24/h1-8H. The van der Waals surface area contributed by atoms with Crippen molar-refractivity contribution in [1.82, 2.24) is 0 Å². The minimum atomic E-state index is -0.00567. The van der Waals surface area contributed by atoms with Gasteiger partial charge in [-0.1, -0.05) is 42.5 Å². The molecule has 0 heterocycles.